The van der Waals surface area contributed by atoms with Crippen molar-refractivity contribution in [1.29, 1.82) is 0 Å². The van der Waals surface area contributed by atoms with Gasteiger partial charge in [0.25, 0.3) is 0 Å². The number of nitrogens with zero attached hydrogens (tertiary/aromatic N) is 1. The van der Waals surface area contributed by atoms with E-state index in [0.717, 1.165) is 30.6 Å². The maximum Gasteiger partial charge on any atom is 0.159 e. The van der Waals surface area contributed by atoms with E-state index in [1.165, 1.54) is 5.56 Å². The molecule has 0 aromatic heterocycles. The first-order valence-electron chi connectivity index (χ1n) is 10.4. The van der Waals surface area contributed by atoms with Gasteiger partial charge in [0.15, 0.2) is 5.78 Å². The van der Waals surface area contributed by atoms with E-state index in [9.17, 15) is 14.7 Å². The van der Waals surface area contributed by atoms with Crippen molar-refractivity contribution in [3.8, 4) is 0 Å². The number of carboxylic acid groups (broad SMARTS) is 1. The fourth-order valence-electron chi connectivity index (χ4n) is 4.44. The molecule has 0 aliphatic carbocycles. The van der Waals surface area contributed by atoms with Gasteiger partial charge in [0.1, 0.15) is 0 Å². The molecule has 3 rings (SSSR count). The quantitative estimate of drug-likeness (QED) is 0.680. The minimum Gasteiger partial charge on any atom is -0.550 e. The molecule has 0 N–H and O–H groups in total. The van der Waals surface area contributed by atoms with Crippen LogP contribution >= 0.6 is 0 Å². The monoisotopic (exact) mass is 392 g/mol. The first-order chi connectivity index (χ1) is 13.8. The largest absolute Gasteiger partial charge is 0.550 e. The van der Waals surface area contributed by atoms with Crippen LogP contribution in [0.1, 0.15) is 48.7 Å². The smallest absolute Gasteiger partial charge is 0.159 e. The molecule has 0 spiro atoms. The molecule has 1 aliphatic rings. The average Bonchev–Trinajstić information content (AvgIpc) is 2.71. The summed E-state index contributed by atoms with van der Waals surface area (Å²) < 4.78 is 0. The van der Waals surface area contributed by atoms with Gasteiger partial charge in [-0.1, -0.05) is 62.4 Å². The molecule has 1 heterocycles. The molecule has 1 unspecified atom stereocenters. The van der Waals surface area contributed by atoms with E-state index < -0.39 is 11.9 Å². The molecule has 0 bridgehead atoms. The molecule has 4 nitrogen and oxygen atoms in total. The number of carbonyl (C=O) groups is 2. The summed E-state index contributed by atoms with van der Waals surface area (Å²) in [4.78, 5) is 25.8. The number of piperidine rings is 1. The number of Topliss-reactive ketones (excluding diaryl/α,β-unsaturated/α-hetero) is 1. The van der Waals surface area contributed by atoms with Crippen LogP contribution in [0.15, 0.2) is 54.6 Å². The van der Waals surface area contributed by atoms with Gasteiger partial charge in [0.2, 0.25) is 0 Å². The summed E-state index contributed by atoms with van der Waals surface area (Å²) in [5.74, 6) is -1.07. The average molecular weight is 393 g/mol. The predicted octanol–water partition coefficient (Wildman–Crippen LogP) is 3.10. The Morgan fingerprint density at radius 2 is 1.90 bits per heavy atom. The number of hydrogen-bond acceptors (Lipinski definition) is 4. The van der Waals surface area contributed by atoms with E-state index in [1.54, 1.807) is 6.92 Å². The molecule has 0 amide bonds. The Bertz CT molecular complexity index is 863. The second-order valence-electron chi connectivity index (χ2n) is 8.67. The van der Waals surface area contributed by atoms with Crippen molar-refractivity contribution in [2.24, 2.45) is 11.8 Å². The first-order valence-corrected chi connectivity index (χ1v) is 10.4. The molecule has 4 heteroatoms. The van der Waals surface area contributed by atoms with E-state index in [2.05, 4.69) is 24.8 Å². The summed E-state index contributed by atoms with van der Waals surface area (Å²) in [5.41, 5.74) is 2.94. The lowest BCUT2D eigenvalue weighted by Gasteiger charge is -2.46. The molecule has 29 heavy (non-hydrogen) atoms. The third kappa shape index (κ3) is 4.94. The molecule has 154 valence electrons. The molecule has 0 radical (unpaired) electrons. The van der Waals surface area contributed by atoms with Crippen molar-refractivity contribution >= 4 is 11.8 Å². The van der Waals surface area contributed by atoms with E-state index in [1.807, 2.05) is 48.5 Å². The van der Waals surface area contributed by atoms with Crippen LogP contribution in [0.3, 0.4) is 0 Å². The lowest BCUT2D eigenvalue weighted by atomic mass is 9.67. The molecule has 2 aromatic carbocycles. The van der Waals surface area contributed by atoms with Crippen LogP contribution in [0, 0.1) is 11.8 Å². The number of carbonyl (C=O) groups excluding carboxylic acids is 2. The van der Waals surface area contributed by atoms with Gasteiger partial charge >= 0.3 is 0 Å². The lowest BCUT2D eigenvalue weighted by molar-refractivity contribution is -0.312. The third-order valence-corrected chi connectivity index (χ3v) is 6.63. The maximum absolute atomic E-state index is 11.8. The minimum absolute atomic E-state index is 0.0294. The fraction of sp³-hybridized carbons (Fsp3) is 0.440. The van der Waals surface area contributed by atoms with Gasteiger partial charge in [-0.25, -0.2) is 0 Å². The van der Waals surface area contributed by atoms with E-state index in [-0.39, 0.29) is 11.2 Å². The molecular formula is C25H30NO3-. The van der Waals surface area contributed by atoms with Gasteiger partial charge in [-0.15, -0.1) is 0 Å². The predicted molar refractivity (Wildman–Crippen MR) is 113 cm³/mol. The number of ketones is 1. The van der Waals surface area contributed by atoms with Crippen LogP contribution in [-0.4, -0.2) is 36.3 Å². The Labute approximate surface area is 173 Å². The summed E-state index contributed by atoms with van der Waals surface area (Å²) in [6.07, 6.45) is 1.42. The van der Waals surface area contributed by atoms with Crippen molar-refractivity contribution in [3.63, 3.8) is 0 Å². The number of rotatable bonds is 7. The highest BCUT2D eigenvalue weighted by Crippen LogP contribution is 2.39. The van der Waals surface area contributed by atoms with Crippen molar-refractivity contribution in [2.75, 3.05) is 19.6 Å². The first kappa shape index (κ1) is 21.3. The van der Waals surface area contributed by atoms with Crippen molar-refractivity contribution in [2.45, 2.75) is 39.0 Å². The Balaban J connectivity index is 1.69. The zero-order valence-corrected chi connectivity index (χ0v) is 17.6. The van der Waals surface area contributed by atoms with Gasteiger partial charge in [-0.3, -0.25) is 4.79 Å². The SMILES string of the molecule is CC(=O)c1cccc(C2(C)CCN(C[C@H](Cc3ccccc3)C(=O)[O-])C[C@@H]2C)c1. The van der Waals surface area contributed by atoms with Crippen LogP contribution in [-0.2, 0) is 16.6 Å². The van der Waals surface area contributed by atoms with Crippen molar-refractivity contribution in [1.82, 2.24) is 4.90 Å². The molecule has 1 fully saturated rings. The Morgan fingerprint density at radius 3 is 2.52 bits per heavy atom. The number of carboxylic acids is 1. The van der Waals surface area contributed by atoms with Crippen molar-refractivity contribution < 1.29 is 14.7 Å². The molecule has 0 saturated carbocycles. The van der Waals surface area contributed by atoms with Crippen LogP contribution in [0.4, 0.5) is 0 Å². The fourth-order valence-corrected chi connectivity index (χ4v) is 4.44. The zero-order chi connectivity index (χ0) is 21.0. The Morgan fingerprint density at radius 1 is 1.17 bits per heavy atom. The highest BCUT2D eigenvalue weighted by molar-refractivity contribution is 5.94. The van der Waals surface area contributed by atoms with Crippen LogP contribution in [0.2, 0.25) is 0 Å². The van der Waals surface area contributed by atoms with Crippen LogP contribution in [0.5, 0.6) is 0 Å². The van der Waals surface area contributed by atoms with Gasteiger partial charge < -0.3 is 14.8 Å². The number of hydrogen-bond donors (Lipinski definition) is 0. The lowest BCUT2D eigenvalue weighted by Crippen LogP contribution is -2.50. The summed E-state index contributed by atoms with van der Waals surface area (Å²) in [6.45, 7) is 8.25. The number of aliphatic carboxylic acids is 1. The molecule has 1 aliphatic heterocycles. The van der Waals surface area contributed by atoms with Crippen LogP contribution in [0.25, 0.3) is 0 Å². The van der Waals surface area contributed by atoms with Gasteiger partial charge in [0.05, 0.1) is 0 Å². The van der Waals surface area contributed by atoms with Gasteiger partial charge in [-0.2, -0.15) is 0 Å². The summed E-state index contributed by atoms with van der Waals surface area (Å²) in [6, 6.07) is 17.7. The number of benzene rings is 2. The maximum atomic E-state index is 11.8. The topological polar surface area (TPSA) is 60.4 Å². The number of likely N-dealkylation sites (tertiary alicyclic amines) is 1. The zero-order valence-electron chi connectivity index (χ0n) is 17.6. The van der Waals surface area contributed by atoms with E-state index >= 15 is 0 Å². The molecule has 3 atom stereocenters. The summed E-state index contributed by atoms with van der Waals surface area (Å²) in [5, 5.41) is 11.7. The summed E-state index contributed by atoms with van der Waals surface area (Å²) in [7, 11) is 0. The Hall–Kier alpha value is -2.46. The van der Waals surface area contributed by atoms with Gasteiger partial charge in [-0.05, 0) is 54.8 Å². The van der Waals surface area contributed by atoms with E-state index in [0.29, 0.717) is 18.9 Å². The highest BCUT2D eigenvalue weighted by atomic mass is 16.4. The summed E-state index contributed by atoms with van der Waals surface area (Å²) >= 11 is 0. The standard InChI is InChI=1S/C25H31NO3/c1-18-16-26(17-22(24(28)29)14-20-8-5-4-6-9-20)13-12-25(18,3)23-11-7-10-21(15-23)19(2)27/h4-11,15,18,22H,12-14,16-17H2,1-3H3,(H,28,29)/p-1/t18-,22-,25?/m0/s1. The Kier molecular flexibility index (Phi) is 6.53. The highest BCUT2D eigenvalue weighted by Gasteiger charge is 2.38. The molecular weight excluding hydrogens is 362 g/mol. The molecule has 1 saturated heterocycles. The minimum atomic E-state index is -0.982. The molecule has 2 aromatic rings. The second-order valence-corrected chi connectivity index (χ2v) is 8.67. The third-order valence-electron chi connectivity index (χ3n) is 6.63. The van der Waals surface area contributed by atoms with E-state index in [4.69, 9.17) is 0 Å². The second kappa shape index (κ2) is 8.91. The van der Waals surface area contributed by atoms with Crippen molar-refractivity contribution in [3.05, 3.63) is 71.3 Å². The van der Waals surface area contributed by atoms with Gasteiger partial charge in [0, 0.05) is 30.5 Å². The normalized spacial score (nSPS) is 23.5. The van der Waals surface area contributed by atoms with Crippen LogP contribution < -0.4 is 5.11 Å².